The Hall–Kier alpha value is -1.26. The number of fused-ring (bicyclic) bond motifs is 2. The van der Waals surface area contributed by atoms with Crippen molar-refractivity contribution < 1.29 is 0 Å². The molecule has 1 unspecified atom stereocenters. The van der Waals surface area contributed by atoms with Crippen molar-refractivity contribution in [3.05, 3.63) is 62.7 Å². The summed E-state index contributed by atoms with van der Waals surface area (Å²) in [6, 6.07) is 13.1. The molecule has 20 heavy (non-hydrogen) atoms. The predicted octanol–water partition coefficient (Wildman–Crippen LogP) is 5.40. The van der Waals surface area contributed by atoms with Crippen molar-refractivity contribution in [3.63, 3.8) is 0 Å². The van der Waals surface area contributed by atoms with E-state index in [2.05, 4.69) is 84.8 Å². The van der Waals surface area contributed by atoms with Gasteiger partial charge >= 0.3 is 0 Å². The third kappa shape index (κ3) is 1.98. The number of aromatic nitrogens is 1. The maximum absolute atomic E-state index is 3.62. The van der Waals surface area contributed by atoms with E-state index in [1.165, 1.54) is 27.7 Å². The molecule has 4 heteroatoms. The standard InChI is InChI=1S/C16H12Br2N2/c17-10-1-3-14-9(5-10)6-16(20-14)13-8-19-15-4-2-11(18)7-12(13)15/h1-5,7-8,16,19-20H,6H2. The van der Waals surface area contributed by atoms with Gasteiger partial charge in [0, 0.05) is 31.7 Å². The first-order valence-electron chi connectivity index (χ1n) is 6.52. The normalized spacial score (nSPS) is 17.2. The molecule has 4 rings (SSSR count). The minimum Gasteiger partial charge on any atom is -0.378 e. The van der Waals surface area contributed by atoms with Gasteiger partial charge in [0.25, 0.3) is 0 Å². The topological polar surface area (TPSA) is 27.8 Å². The molecule has 1 aliphatic rings. The average molecular weight is 392 g/mol. The van der Waals surface area contributed by atoms with Crippen LogP contribution in [0.3, 0.4) is 0 Å². The molecule has 3 aromatic rings. The highest BCUT2D eigenvalue weighted by Gasteiger charge is 2.24. The van der Waals surface area contributed by atoms with Crippen molar-refractivity contribution >= 4 is 48.5 Å². The zero-order valence-electron chi connectivity index (χ0n) is 10.6. The number of halogens is 2. The Bertz CT molecular complexity index is 807. The highest BCUT2D eigenvalue weighted by molar-refractivity contribution is 9.10. The van der Waals surface area contributed by atoms with Gasteiger partial charge in [0.2, 0.25) is 0 Å². The maximum Gasteiger partial charge on any atom is 0.0576 e. The molecule has 0 spiro atoms. The highest BCUT2D eigenvalue weighted by atomic mass is 79.9. The second-order valence-electron chi connectivity index (χ2n) is 5.14. The van der Waals surface area contributed by atoms with Crippen LogP contribution in [-0.2, 0) is 6.42 Å². The van der Waals surface area contributed by atoms with Crippen LogP contribution in [0.15, 0.2) is 51.5 Å². The molecular formula is C16H12Br2N2. The second kappa shape index (κ2) is 4.64. The number of anilines is 1. The van der Waals surface area contributed by atoms with Crippen LogP contribution in [0.25, 0.3) is 10.9 Å². The van der Waals surface area contributed by atoms with E-state index in [1.807, 2.05) is 0 Å². The van der Waals surface area contributed by atoms with Gasteiger partial charge in [0.05, 0.1) is 6.04 Å². The number of rotatable bonds is 1. The van der Waals surface area contributed by atoms with E-state index in [0.29, 0.717) is 6.04 Å². The number of hydrogen-bond acceptors (Lipinski definition) is 1. The van der Waals surface area contributed by atoms with Crippen LogP contribution < -0.4 is 5.32 Å². The van der Waals surface area contributed by atoms with Crippen molar-refractivity contribution in [1.82, 2.24) is 4.98 Å². The van der Waals surface area contributed by atoms with Gasteiger partial charge in [-0.05, 0) is 53.9 Å². The summed E-state index contributed by atoms with van der Waals surface area (Å²) < 4.78 is 2.25. The van der Waals surface area contributed by atoms with Crippen LogP contribution in [0.2, 0.25) is 0 Å². The van der Waals surface area contributed by atoms with Crippen LogP contribution in [-0.4, -0.2) is 4.98 Å². The second-order valence-corrected chi connectivity index (χ2v) is 6.97. The molecule has 1 atom stereocenters. The van der Waals surface area contributed by atoms with Crippen LogP contribution in [0.1, 0.15) is 17.2 Å². The first kappa shape index (κ1) is 12.5. The zero-order valence-corrected chi connectivity index (χ0v) is 13.8. The van der Waals surface area contributed by atoms with E-state index in [1.54, 1.807) is 0 Å². The van der Waals surface area contributed by atoms with Crippen molar-refractivity contribution in [2.24, 2.45) is 0 Å². The third-order valence-electron chi connectivity index (χ3n) is 3.87. The molecule has 0 aliphatic carbocycles. The summed E-state index contributed by atoms with van der Waals surface area (Å²) in [7, 11) is 0. The summed E-state index contributed by atoms with van der Waals surface area (Å²) in [5.74, 6) is 0. The van der Waals surface area contributed by atoms with Crippen molar-refractivity contribution in [2.75, 3.05) is 5.32 Å². The van der Waals surface area contributed by atoms with Crippen molar-refractivity contribution in [3.8, 4) is 0 Å². The molecule has 0 saturated carbocycles. The molecule has 0 saturated heterocycles. The van der Waals surface area contributed by atoms with E-state index in [4.69, 9.17) is 0 Å². The molecule has 0 radical (unpaired) electrons. The fraction of sp³-hybridized carbons (Fsp3) is 0.125. The first-order chi connectivity index (χ1) is 9.70. The van der Waals surface area contributed by atoms with Crippen molar-refractivity contribution in [1.29, 1.82) is 0 Å². The summed E-state index contributed by atoms with van der Waals surface area (Å²) in [4.78, 5) is 3.36. The Kier molecular flexibility index (Phi) is 2.89. The lowest BCUT2D eigenvalue weighted by Crippen LogP contribution is -2.04. The van der Waals surface area contributed by atoms with Gasteiger partial charge in [0.15, 0.2) is 0 Å². The van der Waals surface area contributed by atoms with Crippen LogP contribution in [0, 0.1) is 0 Å². The first-order valence-corrected chi connectivity index (χ1v) is 8.11. The van der Waals surface area contributed by atoms with Gasteiger partial charge in [-0.2, -0.15) is 0 Å². The highest BCUT2D eigenvalue weighted by Crippen LogP contribution is 2.38. The van der Waals surface area contributed by atoms with Gasteiger partial charge in [0.1, 0.15) is 0 Å². The van der Waals surface area contributed by atoms with Gasteiger partial charge in [-0.25, -0.2) is 0 Å². The number of nitrogens with one attached hydrogen (secondary N) is 2. The van der Waals surface area contributed by atoms with E-state index < -0.39 is 0 Å². The molecular weight excluding hydrogens is 380 g/mol. The van der Waals surface area contributed by atoms with Gasteiger partial charge in [-0.1, -0.05) is 31.9 Å². The van der Waals surface area contributed by atoms with Crippen molar-refractivity contribution in [2.45, 2.75) is 12.5 Å². The smallest absolute Gasteiger partial charge is 0.0576 e. The fourth-order valence-electron chi connectivity index (χ4n) is 2.92. The molecule has 2 N–H and O–H groups in total. The Labute approximate surface area is 133 Å². The number of benzene rings is 2. The minimum atomic E-state index is 0.336. The molecule has 2 heterocycles. The Morgan fingerprint density at radius 1 is 1.00 bits per heavy atom. The molecule has 1 aliphatic heterocycles. The molecule has 2 nitrogen and oxygen atoms in total. The number of hydrogen-bond donors (Lipinski definition) is 2. The maximum atomic E-state index is 3.62. The van der Waals surface area contributed by atoms with E-state index >= 15 is 0 Å². The predicted molar refractivity (Wildman–Crippen MR) is 90.2 cm³/mol. The molecule has 0 amide bonds. The van der Waals surface area contributed by atoms with E-state index in [0.717, 1.165) is 15.4 Å². The Morgan fingerprint density at radius 2 is 1.80 bits per heavy atom. The summed E-state index contributed by atoms with van der Waals surface area (Å²) >= 11 is 7.10. The molecule has 0 fully saturated rings. The lowest BCUT2D eigenvalue weighted by molar-refractivity contribution is 0.831. The molecule has 100 valence electrons. The number of aromatic amines is 1. The quantitative estimate of drug-likeness (QED) is 0.570. The SMILES string of the molecule is Brc1ccc2c(c1)CC(c1c[nH]c3ccc(Br)cc13)N2. The number of H-pyrrole nitrogens is 1. The van der Waals surface area contributed by atoms with Crippen LogP contribution in [0.5, 0.6) is 0 Å². The van der Waals surface area contributed by atoms with Crippen LogP contribution in [0.4, 0.5) is 5.69 Å². The average Bonchev–Trinajstić information content (AvgIpc) is 3.00. The third-order valence-corrected chi connectivity index (χ3v) is 4.86. The van der Waals surface area contributed by atoms with E-state index in [-0.39, 0.29) is 0 Å². The fourth-order valence-corrected chi connectivity index (χ4v) is 3.69. The minimum absolute atomic E-state index is 0.336. The Balaban J connectivity index is 1.77. The molecule has 2 aromatic carbocycles. The monoisotopic (exact) mass is 390 g/mol. The van der Waals surface area contributed by atoms with Gasteiger partial charge in [-0.15, -0.1) is 0 Å². The van der Waals surface area contributed by atoms with Crippen LogP contribution >= 0.6 is 31.9 Å². The largest absolute Gasteiger partial charge is 0.378 e. The summed E-state index contributed by atoms with van der Waals surface area (Å²) in [6.07, 6.45) is 3.14. The summed E-state index contributed by atoms with van der Waals surface area (Å²) in [5.41, 5.74) is 5.12. The van der Waals surface area contributed by atoms with Gasteiger partial charge in [-0.3, -0.25) is 0 Å². The molecule has 1 aromatic heterocycles. The summed E-state index contributed by atoms with van der Waals surface area (Å²) in [6.45, 7) is 0. The zero-order chi connectivity index (χ0) is 13.7. The lowest BCUT2D eigenvalue weighted by Gasteiger charge is -2.10. The summed E-state index contributed by atoms with van der Waals surface area (Å²) in [5, 5.41) is 4.90. The van der Waals surface area contributed by atoms with E-state index in [9.17, 15) is 0 Å². The Morgan fingerprint density at radius 3 is 2.70 bits per heavy atom. The molecule has 0 bridgehead atoms. The lowest BCUT2D eigenvalue weighted by atomic mass is 10.0. The van der Waals surface area contributed by atoms with Gasteiger partial charge < -0.3 is 10.3 Å².